The van der Waals surface area contributed by atoms with E-state index in [0.29, 0.717) is 0 Å². The standard InChI is InChI=1S/C17H23ClN2O/c1-3-11-21-15-6-4-5-14-16(15)19-17(12(2)18)20(14)10-9-13-7-8-13/h4-6,12-13H,3,7-11H2,1-2H3. The fourth-order valence-corrected chi connectivity index (χ4v) is 2.89. The fourth-order valence-electron chi connectivity index (χ4n) is 2.72. The number of hydrogen-bond acceptors (Lipinski definition) is 2. The van der Waals surface area contributed by atoms with Crippen molar-refractivity contribution in [1.82, 2.24) is 9.55 Å². The molecule has 0 radical (unpaired) electrons. The number of alkyl halides is 1. The Labute approximate surface area is 131 Å². The molecule has 1 fully saturated rings. The molecule has 1 aromatic carbocycles. The van der Waals surface area contributed by atoms with Gasteiger partial charge in [0.2, 0.25) is 0 Å². The molecule has 3 nitrogen and oxygen atoms in total. The van der Waals surface area contributed by atoms with Gasteiger partial charge in [0.25, 0.3) is 0 Å². The molecule has 0 amide bonds. The van der Waals surface area contributed by atoms with Crippen LogP contribution in [-0.2, 0) is 6.54 Å². The lowest BCUT2D eigenvalue weighted by atomic mass is 10.2. The number of benzene rings is 1. The van der Waals surface area contributed by atoms with Gasteiger partial charge in [0.1, 0.15) is 17.1 Å². The molecule has 1 aliphatic carbocycles. The lowest BCUT2D eigenvalue weighted by molar-refractivity contribution is 0.320. The first-order valence-corrected chi connectivity index (χ1v) is 8.40. The van der Waals surface area contributed by atoms with E-state index in [1.54, 1.807) is 0 Å². The Kier molecular flexibility index (Phi) is 4.39. The molecule has 114 valence electrons. The van der Waals surface area contributed by atoms with Crippen molar-refractivity contribution in [3.8, 4) is 5.75 Å². The maximum atomic E-state index is 6.34. The molecule has 2 aromatic rings. The van der Waals surface area contributed by atoms with Crippen molar-refractivity contribution < 1.29 is 4.74 Å². The minimum atomic E-state index is -0.0874. The summed E-state index contributed by atoms with van der Waals surface area (Å²) < 4.78 is 8.12. The van der Waals surface area contributed by atoms with Gasteiger partial charge >= 0.3 is 0 Å². The Morgan fingerprint density at radius 2 is 2.24 bits per heavy atom. The average Bonchev–Trinajstić information content (AvgIpc) is 3.22. The Hall–Kier alpha value is -1.22. The van der Waals surface area contributed by atoms with Crippen molar-refractivity contribution >= 4 is 22.6 Å². The number of ether oxygens (including phenoxy) is 1. The fraction of sp³-hybridized carbons (Fsp3) is 0.588. The molecule has 1 atom stereocenters. The first-order chi connectivity index (χ1) is 10.2. The summed E-state index contributed by atoms with van der Waals surface area (Å²) in [6.07, 6.45) is 4.98. The third kappa shape index (κ3) is 3.18. The highest BCUT2D eigenvalue weighted by Gasteiger charge is 2.23. The number of aromatic nitrogens is 2. The molecule has 0 spiro atoms. The molecule has 1 saturated carbocycles. The summed E-state index contributed by atoms with van der Waals surface area (Å²) in [5.41, 5.74) is 2.09. The van der Waals surface area contributed by atoms with Crippen molar-refractivity contribution in [3.63, 3.8) is 0 Å². The third-order valence-corrected chi connectivity index (χ3v) is 4.24. The molecule has 1 heterocycles. The lowest BCUT2D eigenvalue weighted by Gasteiger charge is -2.10. The van der Waals surface area contributed by atoms with Gasteiger partial charge in [-0.15, -0.1) is 11.6 Å². The number of nitrogens with zero attached hydrogens (tertiary/aromatic N) is 2. The first kappa shape index (κ1) is 14.7. The highest BCUT2D eigenvalue weighted by Crippen LogP contribution is 2.35. The highest BCUT2D eigenvalue weighted by molar-refractivity contribution is 6.20. The van der Waals surface area contributed by atoms with E-state index in [1.165, 1.54) is 19.3 Å². The molecule has 0 saturated heterocycles. The van der Waals surface area contributed by atoms with Crippen LogP contribution in [0.25, 0.3) is 11.0 Å². The smallest absolute Gasteiger partial charge is 0.147 e. The second kappa shape index (κ2) is 6.27. The number of imidazole rings is 1. The van der Waals surface area contributed by atoms with Gasteiger partial charge in [-0.3, -0.25) is 0 Å². The van der Waals surface area contributed by atoms with Gasteiger partial charge in [0.15, 0.2) is 0 Å². The average molecular weight is 307 g/mol. The van der Waals surface area contributed by atoms with Crippen LogP contribution in [0.15, 0.2) is 18.2 Å². The van der Waals surface area contributed by atoms with E-state index in [9.17, 15) is 0 Å². The summed E-state index contributed by atoms with van der Waals surface area (Å²) >= 11 is 6.34. The molecule has 21 heavy (non-hydrogen) atoms. The van der Waals surface area contributed by atoms with Crippen molar-refractivity contribution in [2.24, 2.45) is 5.92 Å². The second-order valence-electron chi connectivity index (χ2n) is 5.94. The summed E-state index contributed by atoms with van der Waals surface area (Å²) in [7, 11) is 0. The molecule has 0 aliphatic heterocycles. The molecular formula is C17H23ClN2O. The van der Waals surface area contributed by atoms with E-state index < -0.39 is 0 Å². The van der Waals surface area contributed by atoms with Gasteiger partial charge in [0, 0.05) is 6.54 Å². The summed E-state index contributed by atoms with van der Waals surface area (Å²) in [5, 5.41) is -0.0874. The predicted octanol–water partition coefficient (Wildman–Crippen LogP) is 4.93. The van der Waals surface area contributed by atoms with E-state index in [0.717, 1.165) is 48.1 Å². The van der Waals surface area contributed by atoms with Crippen LogP contribution in [0.3, 0.4) is 0 Å². The molecule has 1 unspecified atom stereocenters. The SMILES string of the molecule is CCCOc1cccc2c1nc(C(C)Cl)n2CCC1CC1. The number of halogens is 1. The minimum Gasteiger partial charge on any atom is -0.491 e. The topological polar surface area (TPSA) is 27.1 Å². The molecule has 0 N–H and O–H groups in total. The number of para-hydroxylation sites is 1. The molecular weight excluding hydrogens is 284 g/mol. The van der Waals surface area contributed by atoms with Gasteiger partial charge in [-0.05, 0) is 37.8 Å². The summed E-state index contributed by atoms with van der Waals surface area (Å²) in [6, 6.07) is 6.17. The van der Waals surface area contributed by atoms with E-state index >= 15 is 0 Å². The monoisotopic (exact) mass is 306 g/mol. The normalized spacial score (nSPS) is 16.3. The van der Waals surface area contributed by atoms with E-state index in [2.05, 4.69) is 17.6 Å². The maximum Gasteiger partial charge on any atom is 0.147 e. The van der Waals surface area contributed by atoms with Crippen LogP contribution in [0.4, 0.5) is 0 Å². The van der Waals surface area contributed by atoms with Gasteiger partial charge < -0.3 is 9.30 Å². The predicted molar refractivity (Wildman–Crippen MR) is 87.1 cm³/mol. The summed E-state index contributed by atoms with van der Waals surface area (Å²) in [6.45, 7) is 5.83. The zero-order valence-electron chi connectivity index (χ0n) is 12.8. The summed E-state index contributed by atoms with van der Waals surface area (Å²) in [4.78, 5) is 4.77. The first-order valence-electron chi connectivity index (χ1n) is 7.96. The minimum absolute atomic E-state index is 0.0874. The van der Waals surface area contributed by atoms with Crippen LogP contribution in [0.2, 0.25) is 0 Å². The number of fused-ring (bicyclic) bond motifs is 1. The number of aryl methyl sites for hydroxylation is 1. The Bertz CT molecular complexity index is 617. The van der Waals surface area contributed by atoms with Crippen molar-refractivity contribution in [2.45, 2.75) is 51.5 Å². The largest absolute Gasteiger partial charge is 0.491 e. The molecule has 0 bridgehead atoms. The van der Waals surface area contributed by atoms with Crippen LogP contribution in [0, 0.1) is 5.92 Å². The van der Waals surface area contributed by atoms with Gasteiger partial charge in [-0.25, -0.2) is 4.98 Å². The molecule has 1 aliphatic rings. The lowest BCUT2D eigenvalue weighted by Crippen LogP contribution is -2.05. The van der Waals surface area contributed by atoms with Crippen molar-refractivity contribution in [3.05, 3.63) is 24.0 Å². The van der Waals surface area contributed by atoms with Crippen molar-refractivity contribution in [1.29, 1.82) is 0 Å². The molecule has 1 aromatic heterocycles. The Morgan fingerprint density at radius 1 is 1.43 bits per heavy atom. The van der Waals surface area contributed by atoms with Crippen LogP contribution in [0.5, 0.6) is 5.75 Å². The molecule has 3 rings (SSSR count). The summed E-state index contributed by atoms with van der Waals surface area (Å²) in [5.74, 6) is 2.73. The number of hydrogen-bond donors (Lipinski definition) is 0. The number of rotatable bonds is 7. The van der Waals surface area contributed by atoms with E-state index in [4.69, 9.17) is 21.3 Å². The Morgan fingerprint density at radius 3 is 2.90 bits per heavy atom. The van der Waals surface area contributed by atoms with Crippen molar-refractivity contribution in [2.75, 3.05) is 6.61 Å². The molecule has 4 heteroatoms. The van der Waals surface area contributed by atoms with Crippen LogP contribution >= 0.6 is 11.6 Å². The van der Waals surface area contributed by atoms with Gasteiger partial charge in [-0.2, -0.15) is 0 Å². The Balaban J connectivity index is 1.98. The van der Waals surface area contributed by atoms with Crippen LogP contribution in [0.1, 0.15) is 50.7 Å². The highest BCUT2D eigenvalue weighted by atomic mass is 35.5. The van der Waals surface area contributed by atoms with Gasteiger partial charge in [-0.1, -0.05) is 25.8 Å². The van der Waals surface area contributed by atoms with Crippen LogP contribution in [-0.4, -0.2) is 16.2 Å². The zero-order valence-corrected chi connectivity index (χ0v) is 13.6. The second-order valence-corrected chi connectivity index (χ2v) is 6.60. The van der Waals surface area contributed by atoms with Gasteiger partial charge in [0.05, 0.1) is 17.5 Å². The zero-order chi connectivity index (χ0) is 14.8. The quantitative estimate of drug-likeness (QED) is 0.678. The van der Waals surface area contributed by atoms with Crippen LogP contribution < -0.4 is 4.74 Å². The van der Waals surface area contributed by atoms with E-state index in [-0.39, 0.29) is 5.38 Å². The van der Waals surface area contributed by atoms with E-state index in [1.807, 2.05) is 19.1 Å². The third-order valence-electron chi connectivity index (χ3n) is 4.05. The maximum absolute atomic E-state index is 6.34.